The molecule has 0 spiro atoms. The lowest BCUT2D eigenvalue weighted by Crippen LogP contribution is -2.34. The monoisotopic (exact) mass is 491 g/mol. The molecule has 0 aliphatic carbocycles. The van der Waals surface area contributed by atoms with Gasteiger partial charge in [0.25, 0.3) is 11.5 Å². The fourth-order valence-corrected chi connectivity index (χ4v) is 4.50. The Kier molecular flexibility index (Phi) is 6.19. The number of anilines is 1. The maximum absolute atomic E-state index is 13.3. The number of aromatic nitrogens is 2. The van der Waals surface area contributed by atoms with Gasteiger partial charge in [0.2, 0.25) is 0 Å². The molecule has 10 heteroatoms. The summed E-state index contributed by atoms with van der Waals surface area (Å²) < 4.78 is 17.7. The van der Waals surface area contributed by atoms with E-state index in [0.29, 0.717) is 47.7 Å². The van der Waals surface area contributed by atoms with Crippen molar-refractivity contribution >= 4 is 39.7 Å². The molecule has 0 fully saturated rings. The number of esters is 1. The highest BCUT2D eigenvalue weighted by Crippen LogP contribution is 2.34. The molecule has 1 aliphatic heterocycles. The summed E-state index contributed by atoms with van der Waals surface area (Å²) in [7, 11) is 1.46. The molecule has 0 radical (unpaired) electrons. The summed E-state index contributed by atoms with van der Waals surface area (Å²) in [5, 5.41) is 6.71. The van der Waals surface area contributed by atoms with Gasteiger partial charge in [-0.05, 0) is 29.6 Å². The summed E-state index contributed by atoms with van der Waals surface area (Å²) in [6.45, 7) is 0.688. The second-order valence-corrected chi connectivity index (χ2v) is 8.82. The van der Waals surface area contributed by atoms with Crippen molar-refractivity contribution in [3.8, 4) is 11.5 Å². The Morgan fingerprint density at radius 2 is 1.83 bits per heavy atom. The predicted molar refractivity (Wildman–Crippen MR) is 130 cm³/mol. The molecule has 4 aromatic rings. The van der Waals surface area contributed by atoms with Crippen molar-refractivity contribution in [2.24, 2.45) is 7.05 Å². The number of fused-ring (bicyclic) bond motifs is 2. The number of benzene rings is 2. The zero-order valence-corrected chi connectivity index (χ0v) is 19.6. The van der Waals surface area contributed by atoms with Gasteiger partial charge < -0.3 is 19.1 Å². The number of nitrogens with zero attached hydrogens (tertiary/aromatic N) is 3. The third-order valence-electron chi connectivity index (χ3n) is 5.51. The summed E-state index contributed by atoms with van der Waals surface area (Å²) in [6.07, 6.45) is 0. The number of ether oxygens (including phenoxy) is 3. The summed E-state index contributed by atoms with van der Waals surface area (Å²) >= 11 is 1.52. The van der Waals surface area contributed by atoms with Gasteiger partial charge in [-0.3, -0.25) is 9.59 Å². The van der Waals surface area contributed by atoms with E-state index < -0.39 is 18.5 Å². The predicted octanol–water partition coefficient (Wildman–Crippen LogP) is 3.16. The lowest BCUT2D eigenvalue weighted by atomic mass is 10.1. The largest absolute Gasteiger partial charge is 0.486 e. The molecule has 0 saturated heterocycles. The standard InChI is InChI=1S/C25H21N3O6S/c1-27-24(30)19-7-3-2-6-18(19)23(26-27)25(31)34-15-22(29)28(14-17-5-4-12-35-17)16-8-9-20-21(13-16)33-11-10-32-20/h2-9,12-13H,10-11,14-15H2,1H3. The van der Waals surface area contributed by atoms with E-state index in [-0.39, 0.29) is 11.3 Å². The molecule has 35 heavy (non-hydrogen) atoms. The maximum atomic E-state index is 13.3. The molecular weight excluding hydrogens is 470 g/mol. The van der Waals surface area contributed by atoms with Crippen LogP contribution in [0.25, 0.3) is 10.8 Å². The molecule has 0 bridgehead atoms. The number of carbonyl (C=O) groups is 2. The number of hydrogen-bond donors (Lipinski definition) is 0. The van der Waals surface area contributed by atoms with E-state index in [1.807, 2.05) is 17.5 Å². The number of rotatable bonds is 6. The fourth-order valence-electron chi connectivity index (χ4n) is 3.81. The Balaban J connectivity index is 1.39. The summed E-state index contributed by atoms with van der Waals surface area (Å²) in [5.41, 5.74) is 0.239. The zero-order chi connectivity index (χ0) is 24.4. The Hall–Kier alpha value is -4.18. The minimum atomic E-state index is -0.789. The van der Waals surface area contributed by atoms with E-state index in [1.165, 1.54) is 23.3 Å². The van der Waals surface area contributed by atoms with Crippen LogP contribution in [-0.2, 0) is 23.1 Å². The third kappa shape index (κ3) is 4.60. The molecule has 5 rings (SSSR count). The first-order chi connectivity index (χ1) is 17.0. The molecule has 2 aromatic heterocycles. The number of thiophene rings is 1. The maximum Gasteiger partial charge on any atom is 0.359 e. The molecule has 1 amide bonds. The highest BCUT2D eigenvalue weighted by atomic mass is 32.1. The van der Waals surface area contributed by atoms with Crippen LogP contribution in [0.1, 0.15) is 15.4 Å². The van der Waals surface area contributed by atoms with Crippen molar-refractivity contribution in [2.75, 3.05) is 24.7 Å². The molecular formula is C25H21N3O6S. The van der Waals surface area contributed by atoms with Gasteiger partial charge in [0.15, 0.2) is 23.8 Å². The first-order valence-corrected chi connectivity index (χ1v) is 11.7. The van der Waals surface area contributed by atoms with Gasteiger partial charge in [-0.25, -0.2) is 9.48 Å². The van der Waals surface area contributed by atoms with Gasteiger partial charge >= 0.3 is 5.97 Å². The van der Waals surface area contributed by atoms with Crippen molar-refractivity contribution < 1.29 is 23.8 Å². The van der Waals surface area contributed by atoms with Crippen molar-refractivity contribution in [3.63, 3.8) is 0 Å². The van der Waals surface area contributed by atoms with E-state index in [0.717, 1.165) is 9.56 Å². The van der Waals surface area contributed by atoms with Crippen LogP contribution < -0.4 is 19.9 Å². The minimum Gasteiger partial charge on any atom is -0.486 e. The molecule has 3 heterocycles. The highest BCUT2D eigenvalue weighted by molar-refractivity contribution is 7.09. The van der Waals surface area contributed by atoms with Gasteiger partial charge in [-0.15, -0.1) is 11.3 Å². The van der Waals surface area contributed by atoms with Gasteiger partial charge in [0.05, 0.1) is 11.9 Å². The molecule has 178 valence electrons. The zero-order valence-electron chi connectivity index (χ0n) is 18.8. The van der Waals surface area contributed by atoms with Crippen LogP contribution in [0.2, 0.25) is 0 Å². The normalized spacial score (nSPS) is 12.4. The summed E-state index contributed by atoms with van der Waals surface area (Å²) in [4.78, 5) is 41.0. The lowest BCUT2D eigenvalue weighted by molar-refractivity contribution is -0.121. The van der Waals surface area contributed by atoms with Crippen LogP contribution in [0.5, 0.6) is 11.5 Å². The average molecular weight is 492 g/mol. The van der Waals surface area contributed by atoms with Crippen molar-refractivity contribution in [2.45, 2.75) is 6.54 Å². The van der Waals surface area contributed by atoms with Gasteiger partial charge in [0, 0.05) is 29.1 Å². The van der Waals surface area contributed by atoms with Crippen molar-refractivity contribution in [3.05, 3.63) is 80.9 Å². The molecule has 9 nitrogen and oxygen atoms in total. The van der Waals surface area contributed by atoms with E-state index in [1.54, 1.807) is 42.5 Å². The second kappa shape index (κ2) is 9.59. The summed E-state index contributed by atoms with van der Waals surface area (Å²) in [6, 6.07) is 15.7. The SMILES string of the molecule is Cn1nc(C(=O)OCC(=O)N(Cc2cccs2)c2ccc3c(c2)OCCO3)c2ccccc2c1=O. The topological polar surface area (TPSA) is 100.0 Å². The number of hydrogen-bond acceptors (Lipinski definition) is 8. The van der Waals surface area contributed by atoms with E-state index >= 15 is 0 Å². The Labute approximate surface area is 204 Å². The van der Waals surface area contributed by atoms with E-state index in [9.17, 15) is 14.4 Å². The third-order valence-corrected chi connectivity index (χ3v) is 6.37. The molecule has 0 atom stereocenters. The fraction of sp³-hybridized carbons (Fsp3) is 0.200. The molecule has 0 saturated carbocycles. The lowest BCUT2D eigenvalue weighted by Gasteiger charge is -2.25. The van der Waals surface area contributed by atoms with Crippen LogP contribution in [0.4, 0.5) is 5.69 Å². The Morgan fingerprint density at radius 1 is 1.06 bits per heavy atom. The quantitative estimate of drug-likeness (QED) is 0.382. The van der Waals surface area contributed by atoms with Gasteiger partial charge in [-0.1, -0.05) is 24.3 Å². The van der Waals surface area contributed by atoms with E-state index in [2.05, 4.69) is 5.10 Å². The average Bonchev–Trinajstić information content (AvgIpc) is 3.41. The van der Waals surface area contributed by atoms with Crippen molar-refractivity contribution in [1.29, 1.82) is 0 Å². The highest BCUT2D eigenvalue weighted by Gasteiger charge is 2.23. The van der Waals surface area contributed by atoms with Crippen LogP contribution in [0, 0.1) is 0 Å². The number of amides is 1. The van der Waals surface area contributed by atoms with Crippen LogP contribution in [0.3, 0.4) is 0 Å². The Morgan fingerprint density at radius 3 is 2.60 bits per heavy atom. The molecule has 2 aromatic carbocycles. The van der Waals surface area contributed by atoms with Crippen LogP contribution in [-0.4, -0.2) is 41.5 Å². The van der Waals surface area contributed by atoms with Crippen LogP contribution >= 0.6 is 11.3 Å². The van der Waals surface area contributed by atoms with E-state index in [4.69, 9.17) is 14.2 Å². The van der Waals surface area contributed by atoms with Crippen molar-refractivity contribution in [1.82, 2.24) is 9.78 Å². The minimum absolute atomic E-state index is 0.0281. The Bertz CT molecular complexity index is 1460. The first-order valence-electron chi connectivity index (χ1n) is 10.9. The summed E-state index contributed by atoms with van der Waals surface area (Å²) in [5.74, 6) is -0.0425. The number of aryl methyl sites for hydroxylation is 1. The molecule has 1 aliphatic rings. The second-order valence-electron chi connectivity index (χ2n) is 7.79. The first kappa shape index (κ1) is 22.6. The van der Waals surface area contributed by atoms with Crippen LogP contribution in [0.15, 0.2) is 64.8 Å². The van der Waals surface area contributed by atoms with Gasteiger partial charge in [0.1, 0.15) is 13.2 Å². The number of carbonyl (C=O) groups excluding carboxylic acids is 2. The molecule has 0 unspecified atom stereocenters. The smallest absolute Gasteiger partial charge is 0.359 e. The molecule has 0 N–H and O–H groups in total. The van der Waals surface area contributed by atoms with Gasteiger partial charge in [-0.2, -0.15) is 5.10 Å².